The molecule has 5 atom stereocenters. The summed E-state index contributed by atoms with van der Waals surface area (Å²) >= 11 is 0. The largest absolute Gasteiger partial charge is 0.365 e. The van der Waals surface area contributed by atoms with Crippen molar-refractivity contribution in [3.8, 4) is 11.8 Å². The predicted molar refractivity (Wildman–Crippen MR) is 125 cm³/mol. The summed E-state index contributed by atoms with van der Waals surface area (Å²) in [5, 5.41) is 0. The predicted octanol–water partition coefficient (Wildman–Crippen LogP) is 6.58. The highest BCUT2D eigenvalue weighted by Crippen LogP contribution is 2.67. The van der Waals surface area contributed by atoms with Gasteiger partial charge in [0, 0.05) is 30.4 Å². The summed E-state index contributed by atoms with van der Waals surface area (Å²) in [6.07, 6.45) is 7.56. The topological polar surface area (TPSA) is 26.3 Å². The molecule has 4 aliphatic carbocycles. The van der Waals surface area contributed by atoms with E-state index >= 15 is 0 Å². The van der Waals surface area contributed by atoms with Gasteiger partial charge in [0.15, 0.2) is 5.78 Å². The van der Waals surface area contributed by atoms with Gasteiger partial charge < -0.3 is 4.74 Å². The first-order chi connectivity index (χ1) is 15.7. The second kappa shape index (κ2) is 7.91. The van der Waals surface area contributed by atoms with Crippen molar-refractivity contribution in [2.75, 3.05) is 7.11 Å². The molecule has 0 heterocycles. The molecule has 0 saturated heterocycles. The van der Waals surface area contributed by atoms with Crippen LogP contribution in [0.5, 0.6) is 0 Å². The number of hydrogen-bond donors (Lipinski definition) is 0. The minimum atomic E-state index is -0.554. The van der Waals surface area contributed by atoms with Gasteiger partial charge in [-0.05, 0) is 99.1 Å². The van der Waals surface area contributed by atoms with E-state index in [4.69, 9.17) is 4.74 Å². The maximum absolute atomic E-state index is 14.7. The van der Waals surface area contributed by atoms with Crippen LogP contribution >= 0.6 is 0 Å². The molecule has 4 heteroatoms. The van der Waals surface area contributed by atoms with Crippen molar-refractivity contribution in [2.45, 2.75) is 77.2 Å². The molecule has 0 aliphatic heterocycles. The second-order valence-corrected chi connectivity index (χ2v) is 10.5. The molecular formula is C29H32F2O2. The Balaban J connectivity index is 1.73. The van der Waals surface area contributed by atoms with Gasteiger partial charge in [0.2, 0.25) is 0 Å². The monoisotopic (exact) mass is 450 g/mol. The molecule has 33 heavy (non-hydrogen) atoms. The molecule has 2 saturated carbocycles. The summed E-state index contributed by atoms with van der Waals surface area (Å²) in [5.41, 5.74) is 3.71. The molecule has 0 amide bonds. The van der Waals surface area contributed by atoms with Gasteiger partial charge in [0.25, 0.3) is 0 Å². The molecule has 0 aromatic heterocycles. The SMILES string of the molecule is CC#C[C@]1(OC)CC[C@H]2[C@@H]3CCC4=CC(=O)CCC4=C3[C@@H](c3cc(F)c(C)c(F)c3)C[C@@]21C. The summed E-state index contributed by atoms with van der Waals surface area (Å²) in [6.45, 7) is 5.62. The number of benzene rings is 1. The second-order valence-electron chi connectivity index (χ2n) is 10.5. The van der Waals surface area contributed by atoms with E-state index in [9.17, 15) is 13.6 Å². The van der Waals surface area contributed by atoms with Crippen LogP contribution in [0.1, 0.15) is 75.8 Å². The number of allylic oxidation sites excluding steroid dienone is 4. The van der Waals surface area contributed by atoms with Gasteiger partial charge in [-0.1, -0.05) is 18.4 Å². The first-order valence-corrected chi connectivity index (χ1v) is 12.2. The van der Waals surface area contributed by atoms with Crippen molar-refractivity contribution in [1.29, 1.82) is 0 Å². The van der Waals surface area contributed by atoms with Crippen LogP contribution in [0.25, 0.3) is 0 Å². The van der Waals surface area contributed by atoms with Crippen LogP contribution in [-0.2, 0) is 9.53 Å². The molecule has 0 radical (unpaired) electrons. The third-order valence-electron chi connectivity index (χ3n) is 9.24. The van der Waals surface area contributed by atoms with Crippen molar-refractivity contribution in [3.05, 3.63) is 57.7 Å². The Bertz CT molecular complexity index is 1130. The third kappa shape index (κ3) is 3.19. The molecule has 4 aliphatic rings. The summed E-state index contributed by atoms with van der Waals surface area (Å²) in [6, 6.07) is 3.05. The highest BCUT2D eigenvalue weighted by molar-refractivity contribution is 5.93. The van der Waals surface area contributed by atoms with E-state index in [0.29, 0.717) is 23.8 Å². The maximum atomic E-state index is 14.7. The third-order valence-corrected chi connectivity index (χ3v) is 9.24. The zero-order chi connectivity index (χ0) is 23.5. The molecule has 5 rings (SSSR count). The molecule has 2 fully saturated rings. The summed E-state index contributed by atoms with van der Waals surface area (Å²) < 4.78 is 35.7. The Kier molecular flexibility index (Phi) is 5.40. The van der Waals surface area contributed by atoms with Gasteiger partial charge in [-0.15, -0.1) is 5.92 Å². The Morgan fingerprint density at radius 1 is 1.12 bits per heavy atom. The summed E-state index contributed by atoms with van der Waals surface area (Å²) in [5.74, 6) is 6.32. The van der Waals surface area contributed by atoms with Crippen LogP contribution in [0, 0.1) is 47.6 Å². The zero-order valence-corrected chi connectivity index (χ0v) is 20.0. The quantitative estimate of drug-likeness (QED) is 0.476. The first-order valence-electron chi connectivity index (χ1n) is 12.2. The number of rotatable bonds is 2. The van der Waals surface area contributed by atoms with E-state index in [1.54, 1.807) is 7.11 Å². The summed E-state index contributed by atoms with van der Waals surface area (Å²) in [7, 11) is 1.75. The maximum Gasteiger partial charge on any atom is 0.156 e. The number of halogens is 2. The molecule has 1 aromatic rings. The number of carbonyl (C=O) groups is 1. The van der Waals surface area contributed by atoms with Crippen LogP contribution in [0.4, 0.5) is 8.78 Å². The molecule has 0 spiro atoms. The van der Waals surface area contributed by atoms with E-state index in [1.165, 1.54) is 30.2 Å². The molecular weight excluding hydrogens is 418 g/mol. The van der Waals surface area contributed by atoms with Crippen LogP contribution < -0.4 is 0 Å². The lowest BCUT2D eigenvalue weighted by Crippen LogP contribution is -2.52. The minimum absolute atomic E-state index is 0.0595. The zero-order valence-electron chi connectivity index (χ0n) is 20.0. The van der Waals surface area contributed by atoms with Gasteiger partial charge in [-0.2, -0.15) is 0 Å². The molecule has 1 aromatic carbocycles. The number of carbonyl (C=O) groups excluding carboxylic acids is 1. The van der Waals surface area contributed by atoms with Crippen molar-refractivity contribution >= 4 is 5.78 Å². The Labute approximate surface area is 195 Å². The highest BCUT2D eigenvalue weighted by Gasteiger charge is 2.63. The van der Waals surface area contributed by atoms with Gasteiger partial charge in [-0.3, -0.25) is 4.79 Å². The number of hydrogen-bond acceptors (Lipinski definition) is 2. The van der Waals surface area contributed by atoms with Crippen molar-refractivity contribution in [3.63, 3.8) is 0 Å². The average molecular weight is 451 g/mol. The Hall–Kier alpha value is -2.25. The van der Waals surface area contributed by atoms with Crippen molar-refractivity contribution in [1.82, 2.24) is 0 Å². The number of fused-ring (bicyclic) bond motifs is 4. The smallest absolute Gasteiger partial charge is 0.156 e. The lowest BCUT2D eigenvalue weighted by atomic mass is 9.51. The van der Waals surface area contributed by atoms with Gasteiger partial charge in [0.1, 0.15) is 17.2 Å². The molecule has 174 valence electrons. The lowest BCUT2D eigenvalue weighted by molar-refractivity contribution is -0.114. The van der Waals surface area contributed by atoms with E-state index in [2.05, 4.69) is 18.8 Å². The molecule has 0 bridgehead atoms. The van der Waals surface area contributed by atoms with Crippen molar-refractivity contribution in [2.24, 2.45) is 17.3 Å². The average Bonchev–Trinajstić information content (AvgIpc) is 3.08. The normalized spacial score (nSPS) is 35.3. The first kappa shape index (κ1) is 22.5. The van der Waals surface area contributed by atoms with Gasteiger partial charge in [0.05, 0.1) is 0 Å². The standard InChI is InChI=1S/C29H32F2O2/c1-5-11-29(33-4)12-10-24-22-8-6-18-13-20(32)7-9-21(18)27(22)23(16-28(24,29)3)19-14-25(30)17(2)26(31)15-19/h13-15,22-24H,6-10,12,16H2,1-4H3/t22-,23+,24-,28-,29-/m0/s1. The highest BCUT2D eigenvalue weighted by atomic mass is 19.1. The molecule has 2 nitrogen and oxygen atoms in total. The van der Waals surface area contributed by atoms with E-state index < -0.39 is 17.2 Å². The minimum Gasteiger partial charge on any atom is -0.365 e. The van der Waals surface area contributed by atoms with Crippen LogP contribution in [0.15, 0.2) is 34.9 Å². The number of ether oxygens (including phenoxy) is 1. The Morgan fingerprint density at radius 2 is 1.85 bits per heavy atom. The van der Waals surface area contributed by atoms with E-state index in [-0.39, 0.29) is 22.7 Å². The van der Waals surface area contributed by atoms with Gasteiger partial charge >= 0.3 is 0 Å². The molecule has 0 unspecified atom stereocenters. The van der Waals surface area contributed by atoms with Crippen LogP contribution in [0.3, 0.4) is 0 Å². The van der Waals surface area contributed by atoms with Crippen molar-refractivity contribution < 1.29 is 18.3 Å². The van der Waals surface area contributed by atoms with E-state index in [0.717, 1.165) is 44.1 Å². The number of methoxy groups -OCH3 is 1. The Morgan fingerprint density at radius 3 is 2.52 bits per heavy atom. The number of ketones is 1. The fourth-order valence-electron chi connectivity index (χ4n) is 7.61. The lowest BCUT2D eigenvalue weighted by Gasteiger charge is -2.54. The fourth-order valence-corrected chi connectivity index (χ4v) is 7.61. The molecule has 0 N–H and O–H groups in total. The van der Waals surface area contributed by atoms with Gasteiger partial charge in [-0.25, -0.2) is 8.78 Å². The van der Waals surface area contributed by atoms with E-state index in [1.807, 2.05) is 13.0 Å². The fraction of sp³-hybridized carbons (Fsp3) is 0.552. The van der Waals surface area contributed by atoms with Crippen LogP contribution in [0.2, 0.25) is 0 Å². The summed E-state index contributed by atoms with van der Waals surface area (Å²) in [4.78, 5) is 12.2. The van der Waals surface area contributed by atoms with Crippen LogP contribution in [-0.4, -0.2) is 18.5 Å².